The van der Waals surface area contributed by atoms with E-state index in [0.717, 1.165) is 18.7 Å². The maximum atomic E-state index is 12.2. The highest BCUT2D eigenvalue weighted by Crippen LogP contribution is 2.21. The van der Waals surface area contributed by atoms with Gasteiger partial charge in [-0.3, -0.25) is 4.79 Å². The predicted octanol–water partition coefficient (Wildman–Crippen LogP) is 2.88. The average molecular weight is 304 g/mol. The van der Waals surface area contributed by atoms with Crippen molar-refractivity contribution in [2.24, 2.45) is 7.05 Å². The van der Waals surface area contributed by atoms with Crippen LogP contribution in [-0.4, -0.2) is 15.5 Å². The summed E-state index contributed by atoms with van der Waals surface area (Å²) in [5.74, 6) is 0.740. The summed E-state index contributed by atoms with van der Waals surface area (Å²) in [6.07, 6.45) is 4.55. The highest BCUT2D eigenvalue weighted by molar-refractivity contribution is 6.33. The Morgan fingerprint density at radius 2 is 2.10 bits per heavy atom. The van der Waals surface area contributed by atoms with Gasteiger partial charge in [0, 0.05) is 12.7 Å². The van der Waals surface area contributed by atoms with Crippen LogP contribution in [0.15, 0.2) is 24.3 Å². The van der Waals surface area contributed by atoms with Crippen LogP contribution in [0, 0.1) is 0 Å². The lowest BCUT2D eigenvalue weighted by Gasteiger charge is -2.11. The molecule has 0 saturated carbocycles. The molecule has 5 heteroatoms. The molecule has 0 spiro atoms. The van der Waals surface area contributed by atoms with Crippen molar-refractivity contribution in [3.05, 3.63) is 52.1 Å². The number of fused-ring (bicyclic) bond motifs is 1. The first-order chi connectivity index (χ1) is 10.2. The number of carbonyl (C=O) groups is 1. The standard InChI is InChI=1S/C16H18ClN3O/c1-20-14-9-5-4-8-13(14)19-15(20)10-18-16(21)11-6-2-3-7-12(11)17/h2-3,6-7H,4-5,8-10H2,1H3,(H,18,21). The maximum absolute atomic E-state index is 12.2. The van der Waals surface area contributed by atoms with Crippen LogP contribution in [-0.2, 0) is 26.4 Å². The van der Waals surface area contributed by atoms with E-state index >= 15 is 0 Å². The minimum absolute atomic E-state index is 0.165. The summed E-state index contributed by atoms with van der Waals surface area (Å²) in [5, 5.41) is 3.37. The Morgan fingerprint density at radius 3 is 2.86 bits per heavy atom. The van der Waals surface area contributed by atoms with Gasteiger partial charge < -0.3 is 9.88 Å². The molecule has 1 aliphatic rings. The summed E-state index contributed by atoms with van der Waals surface area (Å²) in [5.41, 5.74) is 2.99. The second-order valence-electron chi connectivity index (χ2n) is 5.35. The fourth-order valence-electron chi connectivity index (χ4n) is 2.80. The molecule has 0 radical (unpaired) electrons. The lowest BCUT2D eigenvalue weighted by Crippen LogP contribution is -2.24. The molecule has 1 aromatic heterocycles. The van der Waals surface area contributed by atoms with E-state index in [9.17, 15) is 4.79 Å². The Bertz CT molecular complexity index is 678. The van der Waals surface area contributed by atoms with Gasteiger partial charge in [-0.05, 0) is 37.8 Å². The third-order valence-corrected chi connectivity index (χ3v) is 4.32. The number of hydrogen-bond acceptors (Lipinski definition) is 2. The van der Waals surface area contributed by atoms with Crippen LogP contribution < -0.4 is 5.32 Å². The van der Waals surface area contributed by atoms with Crippen LogP contribution in [0.2, 0.25) is 5.02 Å². The summed E-state index contributed by atoms with van der Waals surface area (Å²) in [4.78, 5) is 16.8. The molecule has 0 unspecified atom stereocenters. The van der Waals surface area contributed by atoms with Gasteiger partial charge in [-0.25, -0.2) is 4.98 Å². The molecule has 110 valence electrons. The molecule has 21 heavy (non-hydrogen) atoms. The molecule has 1 amide bonds. The molecule has 4 nitrogen and oxygen atoms in total. The first-order valence-electron chi connectivity index (χ1n) is 7.23. The van der Waals surface area contributed by atoms with Crippen LogP contribution in [0.1, 0.15) is 40.4 Å². The second kappa shape index (κ2) is 5.90. The summed E-state index contributed by atoms with van der Waals surface area (Å²) < 4.78 is 2.11. The number of imidazole rings is 1. The van der Waals surface area contributed by atoms with E-state index in [0.29, 0.717) is 17.1 Å². The number of benzene rings is 1. The molecule has 0 bridgehead atoms. The van der Waals surface area contributed by atoms with Crippen LogP contribution in [0.4, 0.5) is 0 Å². The van der Waals surface area contributed by atoms with Crippen molar-refractivity contribution in [3.8, 4) is 0 Å². The second-order valence-corrected chi connectivity index (χ2v) is 5.76. The van der Waals surface area contributed by atoms with Gasteiger partial charge in [0.2, 0.25) is 0 Å². The van der Waals surface area contributed by atoms with Crippen molar-refractivity contribution in [2.75, 3.05) is 0 Å². The van der Waals surface area contributed by atoms with Crippen molar-refractivity contribution < 1.29 is 4.79 Å². The van der Waals surface area contributed by atoms with Crippen molar-refractivity contribution in [2.45, 2.75) is 32.2 Å². The quantitative estimate of drug-likeness (QED) is 0.948. The molecule has 3 rings (SSSR count). The Hall–Kier alpha value is -1.81. The maximum Gasteiger partial charge on any atom is 0.253 e. The Labute approximate surface area is 129 Å². The topological polar surface area (TPSA) is 46.9 Å². The number of rotatable bonds is 3. The van der Waals surface area contributed by atoms with E-state index in [2.05, 4.69) is 14.9 Å². The summed E-state index contributed by atoms with van der Waals surface area (Å²) in [6.45, 7) is 0.424. The summed E-state index contributed by atoms with van der Waals surface area (Å²) in [6, 6.07) is 7.06. The summed E-state index contributed by atoms with van der Waals surface area (Å²) in [7, 11) is 2.02. The minimum atomic E-state index is -0.165. The number of nitrogens with one attached hydrogen (secondary N) is 1. The predicted molar refractivity (Wildman–Crippen MR) is 82.5 cm³/mol. The van der Waals surface area contributed by atoms with Gasteiger partial charge in [-0.1, -0.05) is 23.7 Å². The lowest BCUT2D eigenvalue weighted by molar-refractivity contribution is 0.0949. The van der Waals surface area contributed by atoms with E-state index < -0.39 is 0 Å². The number of amides is 1. The molecule has 0 atom stereocenters. The normalized spacial score (nSPS) is 13.8. The van der Waals surface area contributed by atoms with Crippen molar-refractivity contribution >= 4 is 17.5 Å². The van der Waals surface area contributed by atoms with E-state index in [1.54, 1.807) is 18.2 Å². The molecule has 2 aromatic rings. The van der Waals surface area contributed by atoms with Gasteiger partial charge in [0.05, 0.1) is 22.8 Å². The van der Waals surface area contributed by atoms with E-state index in [4.69, 9.17) is 11.6 Å². The Kier molecular flexibility index (Phi) is 3.97. The van der Waals surface area contributed by atoms with Gasteiger partial charge in [0.15, 0.2) is 0 Å². The van der Waals surface area contributed by atoms with Crippen molar-refractivity contribution in [3.63, 3.8) is 0 Å². The fraction of sp³-hybridized carbons (Fsp3) is 0.375. The van der Waals surface area contributed by atoms with Gasteiger partial charge in [0.25, 0.3) is 5.91 Å². The lowest BCUT2D eigenvalue weighted by atomic mass is 10.0. The fourth-order valence-corrected chi connectivity index (χ4v) is 3.02. The highest BCUT2D eigenvalue weighted by Gasteiger charge is 2.18. The molecule has 1 aromatic carbocycles. The van der Waals surface area contributed by atoms with Crippen molar-refractivity contribution in [1.29, 1.82) is 0 Å². The molecule has 0 aliphatic heterocycles. The van der Waals surface area contributed by atoms with Gasteiger partial charge in [-0.15, -0.1) is 0 Å². The zero-order valence-corrected chi connectivity index (χ0v) is 12.8. The molecule has 0 saturated heterocycles. The summed E-state index contributed by atoms with van der Waals surface area (Å²) >= 11 is 6.03. The SMILES string of the molecule is Cn1c(CNC(=O)c2ccccc2Cl)nc2c1CCCC2. The first kappa shape index (κ1) is 14.1. The molecule has 1 N–H and O–H groups in total. The third kappa shape index (κ3) is 2.81. The molecule has 0 fully saturated rings. The van der Waals surface area contributed by atoms with E-state index in [1.165, 1.54) is 24.2 Å². The average Bonchev–Trinajstić information content (AvgIpc) is 2.82. The highest BCUT2D eigenvalue weighted by atomic mass is 35.5. The monoisotopic (exact) mass is 303 g/mol. The largest absolute Gasteiger partial charge is 0.345 e. The van der Waals surface area contributed by atoms with Gasteiger partial charge in [-0.2, -0.15) is 0 Å². The van der Waals surface area contributed by atoms with E-state index in [1.807, 2.05) is 13.1 Å². The van der Waals surface area contributed by atoms with Crippen molar-refractivity contribution in [1.82, 2.24) is 14.9 Å². The van der Waals surface area contributed by atoms with Gasteiger partial charge in [0.1, 0.15) is 5.82 Å². The number of aromatic nitrogens is 2. The van der Waals surface area contributed by atoms with Gasteiger partial charge >= 0.3 is 0 Å². The van der Waals surface area contributed by atoms with Crippen LogP contribution >= 0.6 is 11.6 Å². The first-order valence-corrected chi connectivity index (χ1v) is 7.60. The number of aryl methyl sites for hydroxylation is 1. The molecular weight excluding hydrogens is 286 g/mol. The zero-order valence-electron chi connectivity index (χ0n) is 12.0. The molecule has 1 aliphatic carbocycles. The number of hydrogen-bond donors (Lipinski definition) is 1. The smallest absolute Gasteiger partial charge is 0.253 e. The number of carbonyl (C=O) groups excluding carboxylic acids is 1. The van der Waals surface area contributed by atoms with Crippen LogP contribution in [0.5, 0.6) is 0 Å². The Morgan fingerprint density at radius 1 is 1.33 bits per heavy atom. The zero-order chi connectivity index (χ0) is 14.8. The van der Waals surface area contributed by atoms with Crippen LogP contribution in [0.25, 0.3) is 0 Å². The number of halogens is 1. The third-order valence-electron chi connectivity index (χ3n) is 3.99. The minimum Gasteiger partial charge on any atom is -0.345 e. The van der Waals surface area contributed by atoms with Crippen LogP contribution in [0.3, 0.4) is 0 Å². The molecule has 1 heterocycles. The molecular formula is C16H18ClN3O. The Balaban J connectivity index is 1.72. The number of nitrogens with zero attached hydrogens (tertiary/aromatic N) is 2. The van der Waals surface area contributed by atoms with E-state index in [-0.39, 0.29) is 5.91 Å².